The molecule has 3 aliphatic heterocycles. The van der Waals surface area contributed by atoms with Gasteiger partial charge in [-0.05, 0) is 102 Å². The summed E-state index contributed by atoms with van der Waals surface area (Å²) in [6.07, 6.45) is 4.08. The van der Waals surface area contributed by atoms with Crippen molar-refractivity contribution in [1.29, 1.82) is 0 Å². The minimum Gasteiger partial charge on any atom is -0.444 e. The fourth-order valence-corrected chi connectivity index (χ4v) is 7.07. The molecule has 3 aliphatic rings. The smallest absolute Gasteiger partial charge is 0.410 e. The molecule has 41 heavy (non-hydrogen) atoms. The molecule has 2 aromatic carbocycles. The second kappa shape index (κ2) is 11.7. The zero-order valence-corrected chi connectivity index (χ0v) is 26.2. The summed E-state index contributed by atoms with van der Waals surface area (Å²) in [5.74, 6) is 0.144. The first-order valence-electron chi connectivity index (χ1n) is 14.7. The van der Waals surface area contributed by atoms with Crippen LogP contribution in [0.2, 0.25) is 10.0 Å². The molecule has 222 valence electrons. The van der Waals surface area contributed by atoms with Gasteiger partial charge in [-0.2, -0.15) is 0 Å². The third-order valence-electron chi connectivity index (χ3n) is 9.00. The summed E-state index contributed by atoms with van der Waals surface area (Å²) in [6, 6.07) is 14.3. The Hall–Kier alpha value is -2.48. The number of halogens is 2. The van der Waals surface area contributed by atoms with Gasteiger partial charge in [0.05, 0.1) is 16.7 Å². The number of amides is 2. The summed E-state index contributed by atoms with van der Waals surface area (Å²) in [6.45, 7) is 12.3. The van der Waals surface area contributed by atoms with Gasteiger partial charge in [0.15, 0.2) is 0 Å². The Morgan fingerprint density at radius 2 is 1.78 bits per heavy atom. The summed E-state index contributed by atoms with van der Waals surface area (Å²) in [5, 5.41) is 4.18. The van der Waals surface area contributed by atoms with Gasteiger partial charge in [0.1, 0.15) is 11.1 Å². The monoisotopic (exact) mass is 600 g/mol. The number of rotatable bonds is 6. The number of likely N-dealkylation sites (tertiary alicyclic amines) is 2. The minimum atomic E-state index is -0.539. The lowest BCUT2D eigenvalue weighted by molar-refractivity contribution is -0.125. The number of carbonyl (C=O) groups is 2. The highest BCUT2D eigenvalue weighted by Crippen LogP contribution is 2.42. The minimum absolute atomic E-state index is 0.144. The fourth-order valence-electron chi connectivity index (χ4n) is 6.77. The van der Waals surface area contributed by atoms with Crippen LogP contribution in [0.3, 0.4) is 0 Å². The van der Waals surface area contributed by atoms with Crippen LogP contribution in [-0.4, -0.2) is 72.3 Å². The maximum absolute atomic E-state index is 13.1. The maximum atomic E-state index is 13.1. The number of piperidine rings is 1. The Kier molecular flexibility index (Phi) is 8.53. The van der Waals surface area contributed by atoms with Crippen molar-refractivity contribution in [3.8, 4) is 0 Å². The van der Waals surface area contributed by atoms with Gasteiger partial charge in [0, 0.05) is 37.3 Å². The highest BCUT2D eigenvalue weighted by atomic mass is 35.5. The topological polar surface area (TPSA) is 65.1 Å². The van der Waals surface area contributed by atoms with Gasteiger partial charge in [-0.25, -0.2) is 4.79 Å². The number of hydrogen-bond acceptors (Lipinski definition) is 5. The van der Waals surface area contributed by atoms with E-state index in [4.69, 9.17) is 27.9 Å². The fraction of sp³-hybridized carbons (Fsp3) is 0.562. The zero-order valence-electron chi connectivity index (χ0n) is 24.6. The van der Waals surface area contributed by atoms with Crippen LogP contribution in [0.1, 0.15) is 64.0 Å². The van der Waals surface area contributed by atoms with E-state index in [0.717, 1.165) is 63.0 Å². The van der Waals surface area contributed by atoms with Crippen molar-refractivity contribution in [3.05, 3.63) is 63.6 Å². The first-order chi connectivity index (χ1) is 19.4. The van der Waals surface area contributed by atoms with E-state index >= 15 is 0 Å². The number of carbonyl (C=O) groups excluding carboxylic acids is 2. The number of ether oxygens (including phenoxy) is 1. The van der Waals surface area contributed by atoms with Gasteiger partial charge < -0.3 is 24.8 Å². The highest BCUT2D eigenvalue weighted by molar-refractivity contribution is 6.42. The lowest BCUT2D eigenvalue weighted by Gasteiger charge is -2.43. The van der Waals surface area contributed by atoms with Crippen molar-refractivity contribution < 1.29 is 14.3 Å². The number of nitrogens with one attached hydrogen (secondary N) is 1. The Morgan fingerprint density at radius 3 is 2.46 bits per heavy atom. The number of aryl methyl sites for hydroxylation is 1. The van der Waals surface area contributed by atoms with Crippen LogP contribution in [0.25, 0.3) is 0 Å². The van der Waals surface area contributed by atoms with Crippen LogP contribution in [-0.2, 0) is 14.9 Å². The average molecular weight is 602 g/mol. The molecule has 9 heteroatoms. The van der Waals surface area contributed by atoms with Crippen molar-refractivity contribution >= 4 is 40.9 Å². The first-order valence-corrected chi connectivity index (χ1v) is 15.4. The van der Waals surface area contributed by atoms with E-state index in [-0.39, 0.29) is 17.4 Å². The van der Waals surface area contributed by atoms with Crippen molar-refractivity contribution in [1.82, 2.24) is 15.1 Å². The van der Waals surface area contributed by atoms with Crippen molar-refractivity contribution in [2.24, 2.45) is 0 Å². The Morgan fingerprint density at radius 1 is 1.02 bits per heavy atom. The van der Waals surface area contributed by atoms with E-state index in [1.165, 1.54) is 5.56 Å². The maximum Gasteiger partial charge on any atom is 0.410 e. The molecule has 3 heterocycles. The van der Waals surface area contributed by atoms with E-state index < -0.39 is 11.1 Å². The van der Waals surface area contributed by atoms with E-state index in [2.05, 4.69) is 52.4 Å². The number of hydrogen-bond donors (Lipinski definition) is 1. The van der Waals surface area contributed by atoms with Gasteiger partial charge in [-0.3, -0.25) is 4.79 Å². The Bertz CT molecular complexity index is 1290. The quantitative estimate of drug-likeness (QED) is 0.416. The molecule has 0 saturated carbocycles. The van der Waals surface area contributed by atoms with E-state index in [1.54, 1.807) is 0 Å². The molecular formula is C32H42Cl2N4O3. The summed E-state index contributed by atoms with van der Waals surface area (Å²) in [7, 11) is 0. The summed E-state index contributed by atoms with van der Waals surface area (Å²) >= 11 is 12.7. The van der Waals surface area contributed by atoms with Crippen LogP contribution >= 0.6 is 23.2 Å². The second-order valence-electron chi connectivity index (χ2n) is 13.0. The largest absolute Gasteiger partial charge is 0.444 e. The van der Waals surface area contributed by atoms with Crippen LogP contribution in [0, 0.1) is 6.92 Å². The zero-order chi connectivity index (χ0) is 29.4. The Balaban J connectivity index is 1.24. The molecule has 0 radical (unpaired) electrons. The van der Waals surface area contributed by atoms with Crippen LogP contribution < -0.4 is 10.2 Å². The molecule has 1 N–H and O–H groups in total. The van der Waals surface area contributed by atoms with Crippen molar-refractivity contribution in [3.63, 3.8) is 0 Å². The van der Waals surface area contributed by atoms with Gasteiger partial charge in [-0.1, -0.05) is 41.4 Å². The van der Waals surface area contributed by atoms with Crippen LogP contribution in [0.5, 0.6) is 0 Å². The van der Waals surface area contributed by atoms with Crippen molar-refractivity contribution in [2.75, 3.05) is 44.3 Å². The third-order valence-corrected chi connectivity index (χ3v) is 9.74. The SMILES string of the molecule is Cc1cccc(N2CNC(=O)C23CCN(CCCC2(c4ccc(Cl)c(Cl)c4)CCN(C(=O)OC(C)(C)C)C2)CC3)c1. The third kappa shape index (κ3) is 6.32. The molecule has 7 nitrogen and oxygen atoms in total. The molecule has 5 rings (SSSR count). The molecule has 3 fully saturated rings. The van der Waals surface area contributed by atoms with Gasteiger partial charge in [0.25, 0.3) is 0 Å². The van der Waals surface area contributed by atoms with Crippen LogP contribution in [0.4, 0.5) is 10.5 Å². The van der Waals surface area contributed by atoms with Crippen molar-refractivity contribution in [2.45, 2.75) is 76.4 Å². The molecule has 2 amide bonds. The lowest BCUT2D eigenvalue weighted by atomic mass is 9.76. The molecule has 3 saturated heterocycles. The first kappa shape index (κ1) is 30.0. The van der Waals surface area contributed by atoms with Gasteiger partial charge in [-0.15, -0.1) is 0 Å². The molecule has 0 aromatic heterocycles. The summed E-state index contributed by atoms with van der Waals surface area (Å²) < 4.78 is 5.69. The predicted octanol–water partition coefficient (Wildman–Crippen LogP) is 6.39. The van der Waals surface area contributed by atoms with Gasteiger partial charge in [0.2, 0.25) is 5.91 Å². The highest BCUT2D eigenvalue weighted by Gasteiger charge is 2.50. The lowest BCUT2D eigenvalue weighted by Crippen LogP contribution is -2.56. The molecule has 0 aliphatic carbocycles. The van der Waals surface area contributed by atoms with Gasteiger partial charge >= 0.3 is 6.09 Å². The normalized spacial score (nSPS) is 22.8. The second-order valence-corrected chi connectivity index (χ2v) is 13.8. The summed E-state index contributed by atoms with van der Waals surface area (Å²) in [5.41, 5.74) is 2.19. The number of benzene rings is 2. The molecule has 0 bridgehead atoms. The number of nitrogens with zero attached hydrogens (tertiary/aromatic N) is 3. The molecule has 1 atom stereocenters. The number of anilines is 1. The molecule has 1 unspecified atom stereocenters. The average Bonchev–Trinajstić information content (AvgIpc) is 3.49. The Labute approximate surface area is 254 Å². The molecule has 1 spiro atoms. The predicted molar refractivity (Wildman–Crippen MR) is 165 cm³/mol. The van der Waals surface area contributed by atoms with Crippen LogP contribution in [0.15, 0.2) is 42.5 Å². The van der Waals surface area contributed by atoms with E-state index in [9.17, 15) is 9.59 Å². The molecular weight excluding hydrogens is 559 g/mol. The summed E-state index contributed by atoms with van der Waals surface area (Å²) in [4.78, 5) is 32.6. The van der Waals surface area contributed by atoms with E-state index in [1.807, 2.05) is 37.8 Å². The standard InChI is InChI=1S/C32H42Cl2N4O3/c1-23-7-5-8-25(19-23)38-22-35-28(39)32(38)13-16-36(17-14-32)15-6-11-31(24-9-10-26(33)27(34)20-24)12-18-37(21-31)29(40)41-30(2,3)4/h5,7-10,19-20H,6,11-18,21-22H2,1-4H3,(H,35,39). The molecule has 2 aromatic rings. The van der Waals surface area contributed by atoms with E-state index in [0.29, 0.717) is 29.8 Å².